The van der Waals surface area contributed by atoms with E-state index in [9.17, 15) is 0 Å². The molecule has 0 radical (unpaired) electrons. The highest BCUT2D eigenvalue weighted by molar-refractivity contribution is 9.09. The van der Waals surface area contributed by atoms with E-state index in [1.54, 1.807) is 0 Å². The molecular weight excluding hydrogens is 254 g/mol. The molecule has 2 nitrogen and oxygen atoms in total. The van der Waals surface area contributed by atoms with Gasteiger partial charge in [-0.15, -0.1) is 0 Å². The molecule has 92 valence electrons. The normalized spacial score (nSPS) is 14.6. The molecule has 0 rings (SSSR count). The Hall–Kier alpha value is 0.400. The molecule has 1 atom stereocenters. The summed E-state index contributed by atoms with van der Waals surface area (Å²) in [5, 5.41) is 10.0. The maximum absolute atomic E-state index is 9.00. The monoisotopic (exact) mass is 279 g/mol. The molecule has 0 aliphatic rings. The zero-order valence-corrected chi connectivity index (χ0v) is 12.2. The third kappa shape index (κ3) is 6.54. The molecule has 0 aromatic carbocycles. The zero-order valence-electron chi connectivity index (χ0n) is 10.6. The van der Waals surface area contributed by atoms with Gasteiger partial charge in [-0.05, 0) is 24.3 Å². The fraction of sp³-hybridized carbons (Fsp3) is 1.00. The summed E-state index contributed by atoms with van der Waals surface area (Å²) in [5.41, 5.74) is 0.324. The van der Waals surface area contributed by atoms with E-state index in [0.29, 0.717) is 11.3 Å². The first-order chi connectivity index (χ1) is 6.95. The van der Waals surface area contributed by atoms with Gasteiger partial charge in [-0.25, -0.2) is 0 Å². The van der Waals surface area contributed by atoms with Gasteiger partial charge in [0.05, 0.1) is 6.61 Å². The lowest BCUT2D eigenvalue weighted by atomic mass is 9.82. The maximum Gasteiger partial charge on any atom is 0.0558 e. The SMILES string of the molecule is CCCN(CCO)CC(CBr)C(C)(C)C. The van der Waals surface area contributed by atoms with Crippen LogP contribution in [0.1, 0.15) is 34.1 Å². The Kier molecular flexibility index (Phi) is 7.84. The van der Waals surface area contributed by atoms with E-state index in [4.69, 9.17) is 5.11 Å². The molecule has 0 fully saturated rings. The highest BCUT2D eigenvalue weighted by Gasteiger charge is 2.25. The topological polar surface area (TPSA) is 23.5 Å². The van der Waals surface area contributed by atoms with E-state index in [2.05, 4.69) is 48.5 Å². The number of rotatable bonds is 7. The summed E-state index contributed by atoms with van der Waals surface area (Å²) in [5.74, 6) is 0.635. The van der Waals surface area contributed by atoms with Crippen molar-refractivity contribution in [2.75, 3.05) is 31.6 Å². The van der Waals surface area contributed by atoms with Crippen LogP contribution in [0, 0.1) is 11.3 Å². The molecule has 0 spiro atoms. The quantitative estimate of drug-likeness (QED) is 0.725. The highest BCUT2D eigenvalue weighted by Crippen LogP contribution is 2.28. The van der Waals surface area contributed by atoms with Gasteiger partial charge in [-0.2, -0.15) is 0 Å². The van der Waals surface area contributed by atoms with Crippen LogP contribution >= 0.6 is 15.9 Å². The number of halogens is 1. The van der Waals surface area contributed by atoms with Crippen molar-refractivity contribution in [1.82, 2.24) is 4.90 Å². The Morgan fingerprint density at radius 2 is 1.87 bits per heavy atom. The summed E-state index contributed by atoms with van der Waals surface area (Å²) >= 11 is 3.59. The first-order valence-electron chi connectivity index (χ1n) is 5.84. The van der Waals surface area contributed by atoms with E-state index < -0.39 is 0 Å². The van der Waals surface area contributed by atoms with Crippen molar-refractivity contribution in [3.8, 4) is 0 Å². The average molecular weight is 280 g/mol. The Labute approximate surface area is 103 Å². The molecule has 15 heavy (non-hydrogen) atoms. The van der Waals surface area contributed by atoms with Crippen molar-refractivity contribution in [1.29, 1.82) is 0 Å². The second-order valence-electron chi connectivity index (χ2n) is 5.24. The number of hydrogen-bond acceptors (Lipinski definition) is 2. The van der Waals surface area contributed by atoms with Crippen LogP contribution in [0.5, 0.6) is 0 Å². The molecule has 0 amide bonds. The molecule has 0 aliphatic heterocycles. The predicted octanol–water partition coefficient (Wildman–Crippen LogP) is 2.75. The second-order valence-corrected chi connectivity index (χ2v) is 5.89. The van der Waals surface area contributed by atoms with E-state index in [0.717, 1.165) is 31.4 Å². The lowest BCUT2D eigenvalue weighted by molar-refractivity contribution is 0.139. The summed E-state index contributed by atoms with van der Waals surface area (Å²) in [6, 6.07) is 0. The summed E-state index contributed by atoms with van der Waals surface area (Å²) in [6.45, 7) is 12.2. The third-order valence-electron chi connectivity index (χ3n) is 2.85. The van der Waals surface area contributed by atoms with Crippen LogP contribution in [0.4, 0.5) is 0 Å². The van der Waals surface area contributed by atoms with Gasteiger partial charge >= 0.3 is 0 Å². The van der Waals surface area contributed by atoms with Crippen LogP contribution in [-0.2, 0) is 0 Å². The van der Waals surface area contributed by atoms with E-state index in [1.165, 1.54) is 0 Å². The lowest BCUT2D eigenvalue weighted by Crippen LogP contribution is -2.38. The van der Waals surface area contributed by atoms with Gasteiger partial charge in [0.15, 0.2) is 0 Å². The Morgan fingerprint density at radius 3 is 2.20 bits per heavy atom. The van der Waals surface area contributed by atoms with Gasteiger partial charge in [0, 0.05) is 18.4 Å². The largest absolute Gasteiger partial charge is 0.395 e. The van der Waals surface area contributed by atoms with Crippen LogP contribution in [0.15, 0.2) is 0 Å². The fourth-order valence-electron chi connectivity index (χ4n) is 1.62. The van der Waals surface area contributed by atoms with Gasteiger partial charge in [0.2, 0.25) is 0 Å². The fourth-order valence-corrected chi connectivity index (χ4v) is 2.79. The van der Waals surface area contributed by atoms with E-state index in [1.807, 2.05) is 0 Å². The Balaban J connectivity index is 4.21. The van der Waals surface area contributed by atoms with Crippen LogP contribution in [0.3, 0.4) is 0 Å². The summed E-state index contributed by atoms with van der Waals surface area (Å²) in [6.07, 6.45) is 1.15. The summed E-state index contributed by atoms with van der Waals surface area (Å²) in [7, 11) is 0. The minimum absolute atomic E-state index is 0.263. The third-order valence-corrected chi connectivity index (χ3v) is 3.63. The van der Waals surface area contributed by atoms with Crippen molar-refractivity contribution in [3.63, 3.8) is 0 Å². The first-order valence-corrected chi connectivity index (χ1v) is 6.97. The van der Waals surface area contributed by atoms with Crippen molar-refractivity contribution in [2.45, 2.75) is 34.1 Å². The maximum atomic E-state index is 9.00. The van der Waals surface area contributed by atoms with Crippen LogP contribution < -0.4 is 0 Å². The van der Waals surface area contributed by atoms with Gasteiger partial charge in [0.25, 0.3) is 0 Å². The minimum atomic E-state index is 0.263. The molecule has 0 heterocycles. The number of aliphatic hydroxyl groups is 1. The standard InChI is InChI=1S/C12H26BrNO/c1-5-6-14(7-8-15)10-11(9-13)12(2,3)4/h11,15H,5-10H2,1-4H3. The number of nitrogens with zero attached hydrogens (tertiary/aromatic N) is 1. The number of alkyl halides is 1. The molecule has 0 bridgehead atoms. The molecule has 3 heteroatoms. The van der Waals surface area contributed by atoms with Crippen molar-refractivity contribution in [2.24, 2.45) is 11.3 Å². The molecule has 0 saturated heterocycles. The number of hydrogen-bond donors (Lipinski definition) is 1. The Morgan fingerprint density at radius 1 is 1.27 bits per heavy atom. The molecule has 0 saturated carbocycles. The first kappa shape index (κ1) is 15.4. The van der Waals surface area contributed by atoms with Gasteiger partial charge in [-0.3, -0.25) is 0 Å². The lowest BCUT2D eigenvalue weighted by Gasteiger charge is -2.34. The molecule has 1 N–H and O–H groups in total. The molecule has 0 aromatic heterocycles. The van der Waals surface area contributed by atoms with Crippen LogP contribution in [-0.4, -0.2) is 41.6 Å². The van der Waals surface area contributed by atoms with Crippen LogP contribution in [0.2, 0.25) is 0 Å². The smallest absolute Gasteiger partial charge is 0.0558 e. The van der Waals surface area contributed by atoms with Crippen molar-refractivity contribution >= 4 is 15.9 Å². The van der Waals surface area contributed by atoms with Crippen molar-refractivity contribution in [3.05, 3.63) is 0 Å². The van der Waals surface area contributed by atoms with Gasteiger partial charge in [0.1, 0.15) is 0 Å². The molecule has 0 aliphatic carbocycles. The van der Waals surface area contributed by atoms with E-state index >= 15 is 0 Å². The average Bonchev–Trinajstić information content (AvgIpc) is 2.12. The summed E-state index contributed by atoms with van der Waals surface area (Å²) < 4.78 is 0. The van der Waals surface area contributed by atoms with Gasteiger partial charge in [-0.1, -0.05) is 43.6 Å². The summed E-state index contributed by atoms with van der Waals surface area (Å²) in [4.78, 5) is 2.36. The number of aliphatic hydroxyl groups excluding tert-OH is 1. The highest BCUT2D eigenvalue weighted by atomic mass is 79.9. The molecular formula is C12H26BrNO. The molecule has 1 unspecified atom stereocenters. The minimum Gasteiger partial charge on any atom is -0.395 e. The van der Waals surface area contributed by atoms with Gasteiger partial charge < -0.3 is 10.0 Å². The Bertz CT molecular complexity index is 150. The predicted molar refractivity (Wildman–Crippen MR) is 70.6 cm³/mol. The van der Waals surface area contributed by atoms with E-state index in [-0.39, 0.29) is 6.61 Å². The molecule has 0 aromatic rings. The van der Waals surface area contributed by atoms with Crippen LogP contribution in [0.25, 0.3) is 0 Å². The second kappa shape index (κ2) is 7.64. The zero-order chi connectivity index (χ0) is 11.9. The van der Waals surface area contributed by atoms with Crippen molar-refractivity contribution < 1.29 is 5.11 Å².